The fourth-order valence-electron chi connectivity index (χ4n) is 5.25. The normalized spacial score (nSPS) is 33.9. The lowest BCUT2D eigenvalue weighted by atomic mass is 9.55. The second kappa shape index (κ2) is 5.82. The highest BCUT2D eigenvalue weighted by atomic mass is 19.1. The summed E-state index contributed by atoms with van der Waals surface area (Å²) in [5, 5.41) is 19.8. The van der Waals surface area contributed by atoms with E-state index in [-0.39, 0.29) is 29.8 Å². The Hall–Kier alpha value is -1.39. The lowest BCUT2D eigenvalue weighted by Gasteiger charge is -2.58. The molecule has 1 aliphatic heterocycles. The van der Waals surface area contributed by atoms with E-state index in [2.05, 4.69) is 13.8 Å². The molecular weight excluding hydrogens is 319 g/mol. The molecule has 1 saturated heterocycles. The zero-order valence-electron chi connectivity index (χ0n) is 15.0. The molecule has 3 nitrogen and oxygen atoms in total. The summed E-state index contributed by atoms with van der Waals surface area (Å²) in [4.78, 5) is 0. The monoisotopic (exact) mass is 346 g/mol. The highest BCUT2D eigenvalue weighted by molar-refractivity contribution is 5.36. The number of hydrogen-bond donors (Lipinski definition) is 2. The van der Waals surface area contributed by atoms with Gasteiger partial charge in [0.15, 0.2) is 11.6 Å². The van der Waals surface area contributed by atoms with Crippen molar-refractivity contribution in [1.29, 1.82) is 0 Å². The summed E-state index contributed by atoms with van der Waals surface area (Å²) in [6, 6.07) is 4.58. The van der Waals surface area contributed by atoms with Gasteiger partial charge < -0.3 is 14.9 Å². The quantitative estimate of drug-likeness (QED) is 0.767. The third-order valence-electron chi connectivity index (χ3n) is 6.91. The highest BCUT2D eigenvalue weighted by Crippen LogP contribution is 2.61. The highest BCUT2D eigenvalue weighted by Gasteiger charge is 2.57. The number of aliphatic hydroxyl groups excluding tert-OH is 1. The van der Waals surface area contributed by atoms with Crippen LogP contribution in [0.2, 0.25) is 0 Å². The van der Waals surface area contributed by atoms with Gasteiger partial charge in [0.25, 0.3) is 0 Å². The molecular formula is C21H27FO3. The summed E-state index contributed by atoms with van der Waals surface area (Å²) >= 11 is 0. The maximum atomic E-state index is 14.0. The number of phenols is 1. The van der Waals surface area contributed by atoms with E-state index in [4.69, 9.17) is 4.74 Å². The van der Waals surface area contributed by atoms with E-state index in [1.165, 1.54) is 36.1 Å². The molecule has 0 saturated carbocycles. The van der Waals surface area contributed by atoms with E-state index in [1.807, 2.05) is 0 Å². The van der Waals surface area contributed by atoms with Gasteiger partial charge in [0.05, 0.1) is 18.3 Å². The van der Waals surface area contributed by atoms with Crippen molar-refractivity contribution in [3.8, 4) is 5.75 Å². The molecule has 1 heterocycles. The molecule has 1 aromatic rings. The maximum Gasteiger partial charge on any atom is 0.165 e. The number of ether oxygens (including phenoxy) is 1. The molecule has 136 valence electrons. The van der Waals surface area contributed by atoms with Crippen molar-refractivity contribution in [3.63, 3.8) is 0 Å². The lowest BCUT2D eigenvalue weighted by Crippen LogP contribution is -2.57. The zero-order chi connectivity index (χ0) is 17.8. The molecule has 4 heteroatoms. The minimum absolute atomic E-state index is 0.115. The minimum Gasteiger partial charge on any atom is -0.505 e. The lowest BCUT2D eigenvalue weighted by molar-refractivity contribution is -0.225. The van der Waals surface area contributed by atoms with Gasteiger partial charge in [-0.1, -0.05) is 17.2 Å². The van der Waals surface area contributed by atoms with Gasteiger partial charge in [-0.25, -0.2) is 4.39 Å². The van der Waals surface area contributed by atoms with Crippen LogP contribution in [-0.2, 0) is 4.74 Å². The smallest absolute Gasteiger partial charge is 0.165 e. The molecule has 1 aromatic carbocycles. The summed E-state index contributed by atoms with van der Waals surface area (Å²) in [7, 11) is 0. The standard InChI is InChI=1S/C21H27FO3/c1-20(2)21(12-23)10-14-5-3-4-6-15(14)16(11-21)19(25-20)13-7-8-18(24)17(22)9-13/h7-9,16,19,23-24H,3-6,10-12H2,1-2H3. The molecule has 3 aliphatic rings. The summed E-state index contributed by atoms with van der Waals surface area (Å²) in [6.07, 6.45) is 6.17. The Morgan fingerprint density at radius 3 is 2.72 bits per heavy atom. The van der Waals surface area contributed by atoms with Crippen molar-refractivity contribution < 1.29 is 19.3 Å². The van der Waals surface area contributed by atoms with Crippen molar-refractivity contribution in [2.75, 3.05) is 6.61 Å². The van der Waals surface area contributed by atoms with Crippen LogP contribution in [-0.4, -0.2) is 22.4 Å². The van der Waals surface area contributed by atoms with Crippen LogP contribution < -0.4 is 0 Å². The predicted molar refractivity (Wildman–Crippen MR) is 93.7 cm³/mol. The van der Waals surface area contributed by atoms with Gasteiger partial charge in [0.1, 0.15) is 0 Å². The van der Waals surface area contributed by atoms with Gasteiger partial charge in [-0.05, 0) is 70.1 Å². The summed E-state index contributed by atoms with van der Waals surface area (Å²) in [5.41, 5.74) is 2.99. The second-order valence-corrected chi connectivity index (χ2v) is 8.52. The van der Waals surface area contributed by atoms with E-state index in [9.17, 15) is 14.6 Å². The number of allylic oxidation sites excluding steroid dienone is 1. The summed E-state index contributed by atoms with van der Waals surface area (Å²) in [5.74, 6) is -0.746. The Kier molecular flexibility index (Phi) is 3.97. The Labute approximate surface area is 148 Å². The largest absolute Gasteiger partial charge is 0.505 e. The Morgan fingerprint density at radius 1 is 1.24 bits per heavy atom. The van der Waals surface area contributed by atoms with Crippen LogP contribution in [0, 0.1) is 17.2 Å². The molecule has 1 fully saturated rings. The number of aromatic hydroxyl groups is 1. The number of fused-ring (bicyclic) bond motifs is 3. The first-order chi connectivity index (χ1) is 11.9. The van der Waals surface area contributed by atoms with E-state index in [1.54, 1.807) is 6.07 Å². The molecule has 0 aromatic heterocycles. The van der Waals surface area contributed by atoms with Gasteiger partial charge in [0.2, 0.25) is 0 Å². The molecule has 3 atom stereocenters. The minimum atomic E-state index is -0.605. The predicted octanol–water partition coefficient (Wildman–Crippen LogP) is 4.64. The number of halogens is 1. The van der Waals surface area contributed by atoms with Crippen molar-refractivity contribution in [2.45, 2.75) is 64.1 Å². The van der Waals surface area contributed by atoms with Crippen molar-refractivity contribution in [1.82, 2.24) is 0 Å². The van der Waals surface area contributed by atoms with Crippen molar-refractivity contribution >= 4 is 0 Å². The average molecular weight is 346 g/mol. The van der Waals surface area contributed by atoms with E-state index in [0.29, 0.717) is 0 Å². The third kappa shape index (κ3) is 2.53. The SMILES string of the molecule is CC1(C)OC(c2ccc(O)c(F)c2)C2CC1(CO)CC1=C2CCCC1. The molecule has 4 rings (SSSR count). The van der Waals surface area contributed by atoms with Gasteiger partial charge >= 0.3 is 0 Å². The molecule has 2 N–H and O–H groups in total. The first kappa shape index (κ1) is 17.0. The van der Waals surface area contributed by atoms with Crippen LogP contribution in [0.15, 0.2) is 29.3 Å². The Bertz CT molecular complexity index is 724. The molecule has 25 heavy (non-hydrogen) atoms. The first-order valence-corrected chi connectivity index (χ1v) is 9.35. The summed E-state index contributed by atoms with van der Waals surface area (Å²) < 4.78 is 20.5. The molecule has 0 amide bonds. The molecule has 2 aliphatic carbocycles. The van der Waals surface area contributed by atoms with Crippen LogP contribution in [0.1, 0.15) is 64.0 Å². The van der Waals surface area contributed by atoms with Crippen LogP contribution in [0.5, 0.6) is 5.75 Å². The maximum absolute atomic E-state index is 14.0. The van der Waals surface area contributed by atoms with Gasteiger partial charge in [-0.15, -0.1) is 0 Å². The number of rotatable bonds is 2. The van der Waals surface area contributed by atoms with Gasteiger partial charge in [-0.3, -0.25) is 0 Å². The molecule has 0 radical (unpaired) electrons. The number of benzene rings is 1. The Morgan fingerprint density at radius 2 is 2.00 bits per heavy atom. The van der Waals surface area contributed by atoms with E-state index >= 15 is 0 Å². The molecule has 0 spiro atoms. The van der Waals surface area contributed by atoms with E-state index < -0.39 is 11.4 Å². The van der Waals surface area contributed by atoms with Crippen LogP contribution in [0.25, 0.3) is 0 Å². The van der Waals surface area contributed by atoms with Crippen molar-refractivity contribution in [3.05, 3.63) is 40.7 Å². The number of aliphatic hydroxyl groups is 1. The third-order valence-corrected chi connectivity index (χ3v) is 6.91. The fourth-order valence-corrected chi connectivity index (χ4v) is 5.25. The van der Waals surface area contributed by atoms with Crippen LogP contribution in [0.4, 0.5) is 4.39 Å². The Balaban J connectivity index is 1.82. The zero-order valence-corrected chi connectivity index (χ0v) is 15.0. The average Bonchev–Trinajstić information content (AvgIpc) is 2.60. The molecule has 3 unspecified atom stereocenters. The number of phenolic OH excluding ortho intramolecular Hbond substituents is 1. The van der Waals surface area contributed by atoms with Gasteiger partial charge in [-0.2, -0.15) is 0 Å². The van der Waals surface area contributed by atoms with Crippen LogP contribution in [0.3, 0.4) is 0 Å². The number of hydrogen-bond acceptors (Lipinski definition) is 3. The van der Waals surface area contributed by atoms with Gasteiger partial charge in [0, 0.05) is 11.3 Å². The second-order valence-electron chi connectivity index (χ2n) is 8.52. The summed E-state index contributed by atoms with van der Waals surface area (Å²) in [6.45, 7) is 4.22. The van der Waals surface area contributed by atoms with Crippen molar-refractivity contribution in [2.24, 2.45) is 11.3 Å². The topological polar surface area (TPSA) is 49.7 Å². The van der Waals surface area contributed by atoms with Crippen LogP contribution >= 0.6 is 0 Å². The fraction of sp³-hybridized carbons (Fsp3) is 0.619. The first-order valence-electron chi connectivity index (χ1n) is 9.35. The van der Waals surface area contributed by atoms with E-state index in [0.717, 1.165) is 31.2 Å². The molecule has 2 bridgehead atoms.